The number of rotatable bonds is 8. The van der Waals surface area contributed by atoms with Gasteiger partial charge in [0.25, 0.3) is 0 Å². The third-order valence-corrected chi connectivity index (χ3v) is 4.25. The van der Waals surface area contributed by atoms with E-state index in [2.05, 4.69) is 34.7 Å². The van der Waals surface area contributed by atoms with Crippen LogP contribution in [0, 0.1) is 5.92 Å². The van der Waals surface area contributed by atoms with E-state index in [1.54, 1.807) is 7.05 Å². The van der Waals surface area contributed by atoms with Crippen LogP contribution < -0.4 is 20.1 Å². The van der Waals surface area contributed by atoms with E-state index >= 15 is 0 Å². The molecule has 0 fully saturated rings. The molecule has 1 aliphatic heterocycles. The van der Waals surface area contributed by atoms with Crippen molar-refractivity contribution in [2.75, 3.05) is 27.0 Å². The molecule has 2 aromatic rings. The lowest BCUT2D eigenvalue weighted by atomic mass is 10.2. The average molecular weight is 497 g/mol. The number of fused-ring (bicyclic) bond motifs is 1. The van der Waals surface area contributed by atoms with Crippen LogP contribution in [-0.4, -0.2) is 33.0 Å². The number of halogens is 1. The van der Waals surface area contributed by atoms with Gasteiger partial charge in [0.15, 0.2) is 17.5 Å². The van der Waals surface area contributed by atoms with Gasteiger partial charge in [-0.15, -0.1) is 24.0 Å². The van der Waals surface area contributed by atoms with Crippen LogP contribution in [0.2, 0.25) is 0 Å². The van der Waals surface area contributed by atoms with Crippen LogP contribution in [0.25, 0.3) is 0 Å². The van der Waals surface area contributed by atoms with Gasteiger partial charge in [-0.25, -0.2) is 0 Å². The first-order chi connectivity index (χ1) is 13.2. The molecule has 28 heavy (non-hydrogen) atoms. The Labute approximate surface area is 183 Å². The Morgan fingerprint density at radius 2 is 1.86 bits per heavy atom. The van der Waals surface area contributed by atoms with Crippen molar-refractivity contribution >= 4 is 29.9 Å². The maximum Gasteiger partial charge on any atom is 0.231 e. The number of nitrogens with one attached hydrogen (secondary N) is 2. The maximum atomic E-state index is 5.79. The van der Waals surface area contributed by atoms with Gasteiger partial charge in [0.2, 0.25) is 6.79 Å². The number of hydrogen-bond donors (Lipinski definition) is 2. The monoisotopic (exact) mass is 497 g/mol. The summed E-state index contributed by atoms with van der Waals surface area (Å²) in [7, 11) is 1.77. The summed E-state index contributed by atoms with van der Waals surface area (Å²) in [5.41, 5.74) is 2.31. The second kappa shape index (κ2) is 11.8. The zero-order valence-electron chi connectivity index (χ0n) is 16.3. The Bertz CT molecular complexity index is 756. The van der Waals surface area contributed by atoms with Crippen molar-refractivity contribution in [2.24, 2.45) is 10.9 Å². The third-order valence-electron chi connectivity index (χ3n) is 4.25. The maximum absolute atomic E-state index is 5.79. The molecular formula is C21H28IN3O3. The quantitative estimate of drug-likeness (QED) is 0.332. The highest BCUT2D eigenvalue weighted by Crippen LogP contribution is 2.32. The largest absolute Gasteiger partial charge is 0.454 e. The molecule has 0 spiro atoms. The fourth-order valence-corrected chi connectivity index (χ4v) is 2.74. The molecule has 1 unspecified atom stereocenters. The van der Waals surface area contributed by atoms with Crippen molar-refractivity contribution in [1.29, 1.82) is 0 Å². The van der Waals surface area contributed by atoms with Crippen LogP contribution >= 0.6 is 24.0 Å². The van der Waals surface area contributed by atoms with Crippen LogP contribution in [0.3, 0.4) is 0 Å². The Balaban J connectivity index is 0.00000280. The van der Waals surface area contributed by atoms with Gasteiger partial charge in [-0.3, -0.25) is 4.99 Å². The molecule has 0 saturated carbocycles. The molecule has 0 radical (unpaired) electrons. The highest BCUT2D eigenvalue weighted by molar-refractivity contribution is 14.0. The molecule has 7 heteroatoms. The molecule has 2 aromatic carbocycles. The van der Waals surface area contributed by atoms with E-state index < -0.39 is 0 Å². The highest BCUT2D eigenvalue weighted by atomic mass is 127. The molecule has 0 aliphatic carbocycles. The van der Waals surface area contributed by atoms with Gasteiger partial charge in [-0.2, -0.15) is 0 Å². The van der Waals surface area contributed by atoms with Crippen molar-refractivity contribution in [3.63, 3.8) is 0 Å². The molecule has 3 rings (SSSR count). The van der Waals surface area contributed by atoms with E-state index in [1.807, 2.05) is 36.4 Å². The number of aliphatic imine (C=N–C) groups is 1. The lowest BCUT2D eigenvalue weighted by Crippen LogP contribution is -2.39. The average Bonchev–Trinajstić information content (AvgIpc) is 3.17. The van der Waals surface area contributed by atoms with Crippen LogP contribution in [0.4, 0.5) is 0 Å². The Morgan fingerprint density at radius 3 is 2.64 bits per heavy atom. The lowest BCUT2D eigenvalue weighted by molar-refractivity contribution is 0.0931. The predicted molar refractivity (Wildman–Crippen MR) is 121 cm³/mol. The zero-order valence-corrected chi connectivity index (χ0v) is 18.6. The number of ether oxygens (including phenoxy) is 3. The summed E-state index contributed by atoms with van der Waals surface area (Å²) >= 11 is 0. The molecule has 0 saturated heterocycles. The van der Waals surface area contributed by atoms with E-state index in [-0.39, 0.29) is 24.0 Å². The van der Waals surface area contributed by atoms with Crippen LogP contribution in [0.15, 0.2) is 53.5 Å². The lowest BCUT2D eigenvalue weighted by Gasteiger charge is -2.16. The first kappa shape index (κ1) is 22.3. The standard InChI is InChI=1S/C21H27N3O3.HI/c1-16(13-25-14-17-6-4-3-5-7-17)11-23-21(22-2)24-12-18-8-9-19-20(10-18)27-15-26-19;/h3-10,16H,11-15H2,1-2H3,(H2,22,23,24);1H. The summed E-state index contributed by atoms with van der Waals surface area (Å²) in [6.45, 7) is 5.23. The van der Waals surface area contributed by atoms with Crippen LogP contribution in [0.1, 0.15) is 18.1 Å². The van der Waals surface area contributed by atoms with Crippen molar-refractivity contribution in [3.8, 4) is 11.5 Å². The fourth-order valence-electron chi connectivity index (χ4n) is 2.74. The van der Waals surface area contributed by atoms with Gasteiger partial charge in [0.1, 0.15) is 0 Å². The zero-order chi connectivity index (χ0) is 18.9. The molecule has 0 amide bonds. The number of benzene rings is 2. The van der Waals surface area contributed by atoms with Gasteiger partial charge in [-0.1, -0.05) is 43.3 Å². The van der Waals surface area contributed by atoms with Crippen molar-refractivity contribution < 1.29 is 14.2 Å². The first-order valence-corrected chi connectivity index (χ1v) is 9.19. The molecule has 1 heterocycles. The SMILES string of the molecule is CN=C(NCc1ccc2c(c1)OCO2)NCC(C)COCc1ccccc1.I. The second-order valence-corrected chi connectivity index (χ2v) is 6.60. The second-order valence-electron chi connectivity index (χ2n) is 6.60. The van der Waals surface area contributed by atoms with Gasteiger partial charge in [-0.05, 0) is 29.2 Å². The summed E-state index contributed by atoms with van der Waals surface area (Å²) in [6, 6.07) is 16.2. The molecule has 1 aliphatic rings. The molecule has 1 atom stereocenters. The normalized spacial score (nSPS) is 13.6. The molecule has 6 nitrogen and oxygen atoms in total. The third kappa shape index (κ3) is 6.87. The summed E-state index contributed by atoms with van der Waals surface area (Å²) < 4.78 is 16.5. The van der Waals surface area contributed by atoms with E-state index in [0.717, 1.165) is 29.6 Å². The number of hydrogen-bond acceptors (Lipinski definition) is 4. The van der Waals surface area contributed by atoms with Gasteiger partial charge >= 0.3 is 0 Å². The van der Waals surface area contributed by atoms with Crippen LogP contribution in [-0.2, 0) is 17.9 Å². The molecule has 152 valence electrons. The van der Waals surface area contributed by atoms with Crippen molar-refractivity contribution in [2.45, 2.75) is 20.1 Å². The van der Waals surface area contributed by atoms with Crippen molar-refractivity contribution in [1.82, 2.24) is 10.6 Å². The molecule has 0 aromatic heterocycles. The minimum Gasteiger partial charge on any atom is -0.454 e. The topological polar surface area (TPSA) is 64.1 Å². The minimum atomic E-state index is 0. The number of guanidine groups is 1. The summed E-state index contributed by atoms with van der Waals surface area (Å²) in [6.07, 6.45) is 0. The van der Waals surface area contributed by atoms with E-state index in [1.165, 1.54) is 5.56 Å². The van der Waals surface area contributed by atoms with Crippen LogP contribution in [0.5, 0.6) is 11.5 Å². The first-order valence-electron chi connectivity index (χ1n) is 9.19. The Hall–Kier alpha value is -2.00. The Morgan fingerprint density at radius 1 is 1.07 bits per heavy atom. The minimum absolute atomic E-state index is 0. The molecular weight excluding hydrogens is 469 g/mol. The van der Waals surface area contributed by atoms with Gasteiger partial charge < -0.3 is 24.8 Å². The summed E-state index contributed by atoms with van der Waals surface area (Å²) in [5, 5.41) is 6.66. The van der Waals surface area contributed by atoms with E-state index in [9.17, 15) is 0 Å². The van der Waals surface area contributed by atoms with Crippen molar-refractivity contribution in [3.05, 3.63) is 59.7 Å². The molecule has 2 N–H and O–H groups in total. The van der Waals surface area contributed by atoms with Gasteiger partial charge in [0, 0.05) is 20.1 Å². The highest BCUT2D eigenvalue weighted by Gasteiger charge is 2.13. The smallest absolute Gasteiger partial charge is 0.231 e. The summed E-state index contributed by atoms with van der Waals surface area (Å²) in [4.78, 5) is 4.27. The van der Waals surface area contributed by atoms with E-state index in [4.69, 9.17) is 14.2 Å². The van der Waals surface area contributed by atoms with Gasteiger partial charge in [0.05, 0.1) is 13.2 Å². The summed E-state index contributed by atoms with van der Waals surface area (Å²) in [5.74, 6) is 2.73. The fraction of sp³-hybridized carbons (Fsp3) is 0.381. The predicted octanol–water partition coefficient (Wildman–Crippen LogP) is 3.55. The number of nitrogens with zero attached hydrogens (tertiary/aromatic N) is 1. The Kier molecular flexibility index (Phi) is 9.36. The molecule has 0 bridgehead atoms. The van der Waals surface area contributed by atoms with E-state index in [0.29, 0.717) is 32.5 Å².